The van der Waals surface area contributed by atoms with Gasteiger partial charge in [0.15, 0.2) is 5.82 Å². The molecule has 31 heavy (non-hydrogen) atoms. The molecule has 1 aliphatic rings. The van der Waals surface area contributed by atoms with Crippen LogP contribution in [0.4, 0.5) is 4.39 Å². The molecule has 2 aromatic heterocycles. The Labute approximate surface area is 183 Å². The van der Waals surface area contributed by atoms with Gasteiger partial charge in [-0.25, -0.2) is 14.1 Å². The van der Waals surface area contributed by atoms with Crippen LogP contribution in [0.15, 0.2) is 78.2 Å². The van der Waals surface area contributed by atoms with E-state index in [0.29, 0.717) is 24.6 Å². The first-order valence-corrected chi connectivity index (χ1v) is 10.9. The van der Waals surface area contributed by atoms with Gasteiger partial charge < -0.3 is 4.90 Å². The minimum atomic E-state index is -0.368. The highest BCUT2D eigenvalue weighted by Gasteiger charge is 2.25. The zero-order valence-electron chi connectivity index (χ0n) is 16.6. The number of benzene rings is 2. The van der Waals surface area contributed by atoms with Gasteiger partial charge in [-0.1, -0.05) is 48.5 Å². The predicted molar refractivity (Wildman–Crippen MR) is 120 cm³/mol. The Bertz CT molecular complexity index is 1250. The van der Waals surface area contributed by atoms with Gasteiger partial charge in [0.1, 0.15) is 5.82 Å². The van der Waals surface area contributed by atoms with Crippen LogP contribution in [0.1, 0.15) is 22.6 Å². The summed E-state index contributed by atoms with van der Waals surface area (Å²) in [5.74, 6) is 0.0506. The standard InChI is InChI=1S/C24H19FN4OS/c25-19-8-4-9-20(16-19)29-23(21-10-5-15-31-21)26-22(27-29)24(30)28-13-11-18(12-14-28)17-6-2-1-3-7-17/h1-11,15-16H,12-14H2. The molecule has 0 radical (unpaired) electrons. The number of nitrogens with zero attached hydrogens (tertiary/aromatic N) is 4. The van der Waals surface area contributed by atoms with Crippen molar-refractivity contribution < 1.29 is 9.18 Å². The number of carbonyl (C=O) groups is 1. The van der Waals surface area contributed by atoms with Crippen LogP contribution >= 0.6 is 11.3 Å². The minimum Gasteiger partial charge on any atom is -0.332 e. The van der Waals surface area contributed by atoms with Crippen LogP contribution in [0.5, 0.6) is 0 Å². The van der Waals surface area contributed by atoms with E-state index in [2.05, 4.69) is 28.3 Å². The van der Waals surface area contributed by atoms with Gasteiger partial charge in [-0.3, -0.25) is 4.79 Å². The van der Waals surface area contributed by atoms with Gasteiger partial charge in [0.2, 0.25) is 5.82 Å². The summed E-state index contributed by atoms with van der Waals surface area (Å²) >= 11 is 1.50. The number of hydrogen-bond acceptors (Lipinski definition) is 4. The Kier molecular flexibility index (Phi) is 5.18. The van der Waals surface area contributed by atoms with Crippen molar-refractivity contribution in [2.24, 2.45) is 0 Å². The molecule has 0 N–H and O–H groups in total. The fourth-order valence-electron chi connectivity index (χ4n) is 3.67. The van der Waals surface area contributed by atoms with Crippen molar-refractivity contribution in [1.82, 2.24) is 19.7 Å². The third-order valence-electron chi connectivity index (χ3n) is 5.23. The monoisotopic (exact) mass is 430 g/mol. The molecule has 1 aliphatic heterocycles. The van der Waals surface area contributed by atoms with E-state index in [9.17, 15) is 9.18 Å². The van der Waals surface area contributed by atoms with Crippen molar-refractivity contribution in [3.8, 4) is 16.4 Å². The molecule has 0 spiro atoms. The summed E-state index contributed by atoms with van der Waals surface area (Å²) in [7, 11) is 0. The third kappa shape index (κ3) is 3.92. The summed E-state index contributed by atoms with van der Waals surface area (Å²) in [6.07, 6.45) is 2.86. The third-order valence-corrected chi connectivity index (χ3v) is 6.10. The smallest absolute Gasteiger partial charge is 0.293 e. The highest BCUT2D eigenvalue weighted by atomic mass is 32.1. The number of rotatable bonds is 4. The average Bonchev–Trinajstić information content (AvgIpc) is 3.49. The van der Waals surface area contributed by atoms with E-state index >= 15 is 0 Å². The molecule has 3 heterocycles. The SMILES string of the molecule is O=C(c1nc(-c2cccs2)n(-c2cccc(F)c2)n1)N1CC=C(c2ccccc2)CC1. The summed E-state index contributed by atoms with van der Waals surface area (Å²) in [4.78, 5) is 20.3. The Morgan fingerprint density at radius 2 is 1.90 bits per heavy atom. The van der Waals surface area contributed by atoms with Gasteiger partial charge in [0.05, 0.1) is 10.6 Å². The molecule has 0 saturated heterocycles. The van der Waals surface area contributed by atoms with Crippen molar-refractivity contribution in [2.75, 3.05) is 13.1 Å². The summed E-state index contributed by atoms with van der Waals surface area (Å²) in [5.41, 5.74) is 2.95. The molecular weight excluding hydrogens is 411 g/mol. The van der Waals surface area contributed by atoms with Crippen LogP contribution in [-0.4, -0.2) is 38.7 Å². The van der Waals surface area contributed by atoms with Crippen LogP contribution in [0.25, 0.3) is 22.0 Å². The molecule has 2 aromatic carbocycles. The maximum absolute atomic E-state index is 13.8. The zero-order chi connectivity index (χ0) is 21.2. The quantitative estimate of drug-likeness (QED) is 0.455. The molecule has 0 atom stereocenters. The van der Waals surface area contributed by atoms with Crippen LogP contribution in [-0.2, 0) is 0 Å². The van der Waals surface area contributed by atoms with E-state index in [0.717, 1.165) is 11.3 Å². The van der Waals surface area contributed by atoms with Crippen molar-refractivity contribution in [1.29, 1.82) is 0 Å². The lowest BCUT2D eigenvalue weighted by molar-refractivity contribution is 0.0761. The molecule has 5 rings (SSSR count). The molecule has 0 unspecified atom stereocenters. The van der Waals surface area contributed by atoms with Gasteiger partial charge in [0.25, 0.3) is 5.91 Å². The van der Waals surface area contributed by atoms with Crippen LogP contribution in [0.3, 0.4) is 0 Å². The van der Waals surface area contributed by atoms with Crippen molar-refractivity contribution in [2.45, 2.75) is 6.42 Å². The fraction of sp³-hybridized carbons (Fsp3) is 0.125. The first kappa shape index (κ1) is 19.4. The summed E-state index contributed by atoms with van der Waals surface area (Å²) in [5, 5.41) is 6.40. The summed E-state index contributed by atoms with van der Waals surface area (Å²) < 4.78 is 15.4. The molecule has 5 nitrogen and oxygen atoms in total. The van der Waals surface area contributed by atoms with E-state index in [-0.39, 0.29) is 17.5 Å². The average molecular weight is 431 g/mol. The molecule has 154 valence electrons. The Balaban J connectivity index is 1.45. The maximum atomic E-state index is 13.8. The van der Waals surface area contributed by atoms with E-state index in [1.54, 1.807) is 17.0 Å². The molecule has 0 saturated carbocycles. The molecule has 0 fully saturated rings. The second kappa shape index (κ2) is 8.28. The first-order chi connectivity index (χ1) is 15.2. The molecule has 0 bridgehead atoms. The fourth-order valence-corrected chi connectivity index (χ4v) is 4.36. The molecule has 7 heteroatoms. The van der Waals surface area contributed by atoms with E-state index in [1.165, 1.54) is 39.3 Å². The highest BCUT2D eigenvalue weighted by Crippen LogP contribution is 2.27. The van der Waals surface area contributed by atoms with E-state index in [4.69, 9.17) is 0 Å². The van der Waals surface area contributed by atoms with Gasteiger partial charge in [-0.05, 0) is 47.2 Å². The van der Waals surface area contributed by atoms with Crippen molar-refractivity contribution in [3.63, 3.8) is 0 Å². The van der Waals surface area contributed by atoms with Crippen molar-refractivity contribution >= 4 is 22.8 Å². The lowest BCUT2D eigenvalue weighted by Gasteiger charge is -2.25. The van der Waals surface area contributed by atoms with Crippen LogP contribution in [0.2, 0.25) is 0 Å². The highest BCUT2D eigenvalue weighted by molar-refractivity contribution is 7.13. The Hall–Kier alpha value is -3.58. The molecular formula is C24H19FN4OS. The Morgan fingerprint density at radius 1 is 1.03 bits per heavy atom. The van der Waals surface area contributed by atoms with Gasteiger partial charge in [-0.2, -0.15) is 0 Å². The number of halogens is 1. The second-order valence-electron chi connectivity index (χ2n) is 7.22. The van der Waals surface area contributed by atoms with E-state index in [1.807, 2.05) is 35.7 Å². The minimum absolute atomic E-state index is 0.115. The number of carbonyl (C=O) groups excluding carboxylic acids is 1. The van der Waals surface area contributed by atoms with Crippen LogP contribution < -0.4 is 0 Å². The first-order valence-electron chi connectivity index (χ1n) is 9.99. The number of hydrogen-bond donors (Lipinski definition) is 0. The van der Waals surface area contributed by atoms with Gasteiger partial charge in [-0.15, -0.1) is 16.4 Å². The lowest BCUT2D eigenvalue weighted by atomic mass is 9.99. The number of thiophene rings is 1. The summed E-state index contributed by atoms with van der Waals surface area (Å²) in [6, 6.07) is 20.1. The molecule has 1 amide bonds. The maximum Gasteiger partial charge on any atom is 0.293 e. The summed E-state index contributed by atoms with van der Waals surface area (Å²) in [6.45, 7) is 1.11. The Morgan fingerprint density at radius 3 is 2.61 bits per heavy atom. The van der Waals surface area contributed by atoms with Gasteiger partial charge in [0, 0.05) is 13.1 Å². The van der Waals surface area contributed by atoms with Crippen LogP contribution in [0, 0.1) is 5.82 Å². The molecule has 4 aromatic rings. The zero-order valence-corrected chi connectivity index (χ0v) is 17.4. The largest absolute Gasteiger partial charge is 0.332 e. The lowest BCUT2D eigenvalue weighted by Crippen LogP contribution is -2.35. The van der Waals surface area contributed by atoms with Gasteiger partial charge >= 0.3 is 0 Å². The number of aromatic nitrogens is 3. The van der Waals surface area contributed by atoms with E-state index < -0.39 is 0 Å². The normalized spacial score (nSPS) is 13.8. The molecule has 0 aliphatic carbocycles. The van der Waals surface area contributed by atoms with Crippen molar-refractivity contribution in [3.05, 3.63) is 95.4 Å². The predicted octanol–water partition coefficient (Wildman–Crippen LogP) is 5.06. The number of amides is 1. The topological polar surface area (TPSA) is 51.0 Å². The second-order valence-corrected chi connectivity index (χ2v) is 8.17.